The number of aromatic hydroxyl groups is 1. The highest BCUT2D eigenvalue weighted by atomic mass is 35.5. The van der Waals surface area contributed by atoms with Crippen molar-refractivity contribution >= 4 is 23.3 Å². The Labute approximate surface area is 191 Å². The van der Waals surface area contributed by atoms with Crippen LogP contribution in [0.4, 0.5) is 0 Å². The molecule has 0 saturated carbocycles. The van der Waals surface area contributed by atoms with E-state index in [1.165, 1.54) is 7.11 Å². The Kier molecular flexibility index (Phi) is 6.44. The van der Waals surface area contributed by atoms with E-state index in [1.807, 2.05) is 36.4 Å². The average Bonchev–Trinajstić information content (AvgIpc) is 2.85. The molecule has 0 fully saturated rings. The van der Waals surface area contributed by atoms with Crippen molar-refractivity contribution in [1.82, 2.24) is 5.32 Å². The normalized spacial score (nSPS) is 18.0. The SMILES string of the molecule is COC(=O)c1ccc([C@H]2N=C(c3ccc(OC)cc3)C[C@H](c3cc(Cl)ccc3O)N2)cc1. The molecule has 0 unspecified atom stereocenters. The van der Waals surface area contributed by atoms with Crippen LogP contribution in [0.3, 0.4) is 0 Å². The molecular formula is C25H23ClN2O4. The van der Waals surface area contributed by atoms with Crippen LogP contribution in [0.5, 0.6) is 11.5 Å². The molecule has 0 bridgehead atoms. The molecule has 0 aliphatic carbocycles. The van der Waals surface area contributed by atoms with E-state index in [2.05, 4.69) is 5.32 Å². The zero-order valence-corrected chi connectivity index (χ0v) is 18.5. The van der Waals surface area contributed by atoms with Crippen molar-refractivity contribution in [3.8, 4) is 11.5 Å². The van der Waals surface area contributed by atoms with Crippen molar-refractivity contribution < 1.29 is 19.4 Å². The standard InChI is InChI=1S/C25H23ClN2O4/c1-31-19-10-7-15(8-11-19)21-14-22(20-13-18(26)9-12-23(20)29)28-24(27-21)16-3-5-17(6-4-16)25(30)32-2/h3-13,22,24,28-29H,14H2,1-2H3/t22-,24+/m1/s1. The maximum absolute atomic E-state index is 11.8. The minimum atomic E-state index is -0.391. The fourth-order valence-corrected chi connectivity index (χ4v) is 3.94. The Bertz CT molecular complexity index is 1140. The summed E-state index contributed by atoms with van der Waals surface area (Å²) in [6.07, 6.45) is 0.188. The number of halogens is 1. The Morgan fingerprint density at radius 1 is 1.06 bits per heavy atom. The van der Waals surface area contributed by atoms with Gasteiger partial charge >= 0.3 is 5.97 Å². The first-order chi connectivity index (χ1) is 15.5. The van der Waals surface area contributed by atoms with E-state index < -0.39 is 5.97 Å². The van der Waals surface area contributed by atoms with Crippen molar-refractivity contribution in [3.63, 3.8) is 0 Å². The predicted molar refractivity (Wildman–Crippen MR) is 124 cm³/mol. The largest absolute Gasteiger partial charge is 0.508 e. The van der Waals surface area contributed by atoms with Crippen LogP contribution in [0, 0.1) is 0 Å². The van der Waals surface area contributed by atoms with Gasteiger partial charge in [0.1, 0.15) is 17.7 Å². The second-order valence-electron chi connectivity index (χ2n) is 7.45. The molecule has 2 atom stereocenters. The highest BCUT2D eigenvalue weighted by Gasteiger charge is 2.28. The zero-order chi connectivity index (χ0) is 22.7. The predicted octanol–water partition coefficient (Wildman–Crippen LogP) is 5.06. The average molecular weight is 451 g/mol. The number of benzene rings is 3. The van der Waals surface area contributed by atoms with Crippen LogP contribution in [-0.2, 0) is 4.74 Å². The quantitative estimate of drug-likeness (QED) is 0.531. The summed E-state index contributed by atoms with van der Waals surface area (Å²) in [7, 11) is 2.98. The molecule has 1 aliphatic rings. The number of carbonyl (C=O) groups excluding carboxylic acids is 1. The lowest BCUT2D eigenvalue weighted by Gasteiger charge is -2.31. The molecule has 1 heterocycles. The molecule has 164 valence electrons. The number of carbonyl (C=O) groups is 1. The third kappa shape index (κ3) is 4.61. The van der Waals surface area contributed by atoms with E-state index in [0.29, 0.717) is 22.6 Å². The van der Waals surface area contributed by atoms with Crippen LogP contribution < -0.4 is 10.1 Å². The molecule has 0 amide bonds. The Morgan fingerprint density at radius 3 is 2.44 bits per heavy atom. The molecular weight excluding hydrogens is 428 g/mol. The number of nitrogens with one attached hydrogen (secondary N) is 1. The molecule has 0 saturated heterocycles. The zero-order valence-electron chi connectivity index (χ0n) is 17.7. The lowest BCUT2D eigenvalue weighted by Crippen LogP contribution is -2.33. The lowest BCUT2D eigenvalue weighted by atomic mass is 9.93. The molecule has 1 aliphatic heterocycles. The summed E-state index contributed by atoms with van der Waals surface area (Å²) in [6.45, 7) is 0. The number of aliphatic imine (C=N–C) groups is 1. The van der Waals surface area contributed by atoms with Crippen LogP contribution in [0.2, 0.25) is 5.02 Å². The smallest absolute Gasteiger partial charge is 0.337 e. The van der Waals surface area contributed by atoms with Gasteiger partial charge in [-0.05, 0) is 65.7 Å². The Hall–Kier alpha value is -3.35. The van der Waals surface area contributed by atoms with E-state index in [4.69, 9.17) is 26.1 Å². The van der Waals surface area contributed by atoms with Gasteiger partial charge in [0.2, 0.25) is 0 Å². The molecule has 0 aromatic heterocycles. The number of methoxy groups -OCH3 is 2. The minimum absolute atomic E-state index is 0.169. The van der Waals surface area contributed by atoms with Crippen LogP contribution >= 0.6 is 11.6 Å². The summed E-state index contributed by atoms with van der Waals surface area (Å²) in [5, 5.41) is 14.5. The fraction of sp³-hybridized carbons (Fsp3) is 0.200. The number of ether oxygens (including phenoxy) is 2. The van der Waals surface area contributed by atoms with E-state index in [1.54, 1.807) is 37.4 Å². The summed E-state index contributed by atoms with van der Waals surface area (Å²) in [5.41, 5.74) is 3.91. The van der Waals surface area contributed by atoms with Crippen LogP contribution in [-0.4, -0.2) is 31.0 Å². The highest BCUT2D eigenvalue weighted by Crippen LogP contribution is 2.36. The molecule has 0 spiro atoms. The molecule has 3 aromatic carbocycles. The van der Waals surface area contributed by atoms with Crippen LogP contribution in [0.15, 0.2) is 71.7 Å². The van der Waals surface area contributed by atoms with Gasteiger partial charge in [-0.2, -0.15) is 0 Å². The summed E-state index contributed by atoms with van der Waals surface area (Å²) in [5.74, 6) is 0.544. The number of rotatable bonds is 5. The van der Waals surface area contributed by atoms with Gasteiger partial charge in [0.15, 0.2) is 0 Å². The lowest BCUT2D eigenvalue weighted by molar-refractivity contribution is 0.0600. The van der Waals surface area contributed by atoms with Gasteiger partial charge in [0.05, 0.1) is 19.8 Å². The van der Waals surface area contributed by atoms with Gasteiger partial charge < -0.3 is 14.6 Å². The summed E-state index contributed by atoms with van der Waals surface area (Å²) in [4.78, 5) is 16.7. The second-order valence-corrected chi connectivity index (χ2v) is 7.88. The first-order valence-electron chi connectivity index (χ1n) is 10.1. The monoisotopic (exact) mass is 450 g/mol. The van der Waals surface area contributed by atoms with Crippen molar-refractivity contribution in [2.24, 2.45) is 4.99 Å². The topological polar surface area (TPSA) is 80.2 Å². The number of phenolic OH excluding ortho intramolecular Hbond substituents is 1. The molecule has 2 N–H and O–H groups in total. The van der Waals surface area contributed by atoms with E-state index in [9.17, 15) is 9.90 Å². The number of hydrogen-bond donors (Lipinski definition) is 2. The van der Waals surface area contributed by atoms with Crippen LogP contribution in [0.1, 0.15) is 45.7 Å². The van der Waals surface area contributed by atoms with E-state index >= 15 is 0 Å². The van der Waals surface area contributed by atoms with Gasteiger partial charge in [-0.15, -0.1) is 0 Å². The number of hydrogen-bond acceptors (Lipinski definition) is 6. The van der Waals surface area contributed by atoms with Gasteiger partial charge in [0, 0.05) is 28.8 Å². The first kappa shape index (κ1) is 21.9. The number of phenols is 1. The van der Waals surface area contributed by atoms with Gasteiger partial charge in [-0.1, -0.05) is 23.7 Å². The van der Waals surface area contributed by atoms with Crippen molar-refractivity contribution in [3.05, 3.63) is 94.0 Å². The van der Waals surface area contributed by atoms with Gasteiger partial charge in [-0.3, -0.25) is 10.3 Å². The van der Waals surface area contributed by atoms with Gasteiger partial charge in [-0.25, -0.2) is 4.79 Å². The highest BCUT2D eigenvalue weighted by molar-refractivity contribution is 6.30. The summed E-state index contributed by atoms with van der Waals surface area (Å²) >= 11 is 6.21. The molecule has 0 radical (unpaired) electrons. The van der Waals surface area contributed by atoms with Crippen LogP contribution in [0.25, 0.3) is 0 Å². The van der Waals surface area contributed by atoms with E-state index in [-0.39, 0.29) is 18.0 Å². The molecule has 32 heavy (non-hydrogen) atoms. The van der Waals surface area contributed by atoms with Crippen molar-refractivity contribution in [1.29, 1.82) is 0 Å². The third-order valence-corrected chi connectivity index (χ3v) is 5.71. The summed E-state index contributed by atoms with van der Waals surface area (Å²) < 4.78 is 10.1. The molecule has 4 rings (SSSR count). The molecule has 6 nitrogen and oxygen atoms in total. The Balaban J connectivity index is 1.72. The minimum Gasteiger partial charge on any atom is -0.508 e. The fourth-order valence-electron chi connectivity index (χ4n) is 3.76. The maximum Gasteiger partial charge on any atom is 0.337 e. The number of esters is 1. The second kappa shape index (κ2) is 9.42. The first-order valence-corrected chi connectivity index (χ1v) is 10.5. The van der Waals surface area contributed by atoms with Crippen molar-refractivity contribution in [2.75, 3.05) is 14.2 Å². The third-order valence-electron chi connectivity index (χ3n) is 5.48. The van der Waals surface area contributed by atoms with E-state index in [0.717, 1.165) is 22.6 Å². The summed E-state index contributed by atoms with van der Waals surface area (Å²) in [6, 6.07) is 19.7. The molecule has 7 heteroatoms. The number of nitrogens with zero attached hydrogens (tertiary/aromatic N) is 1. The molecule has 3 aromatic rings. The Morgan fingerprint density at radius 2 is 1.78 bits per heavy atom. The van der Waals surface area contributed by atoms with Crippen molar-refractivity contribution in [2.45, 2.75) is 18.6 Å². The maximum atomic E-state index is 11.8. The van der Waals surface area contributed by atoms with Gasteiger partial charge in [0.25, 0.3) is 0 Å².